The minimum absolute atomic E-state index is 0.236. The maximum Gasteiger partial charge on any atom is 0.178 e. The summed E-state index contributed by atoms with van der Waals surface area (Å²) in [5, 5.41) is 0. The fourth-order valence-corrected chi connectivity index (χ4v) is 2.78. The van der Waals surface area contributed by atoms with E-state index < -0.39 is 6.04 Å². The van der Waals surface area contributed by atoms with Crippen molar-refractivity contribution in [3.05, 3.63) is 57.0 Å². The molecule has 2 heterocycles. The van der Waals surface area contributed by atoms with Gasteiger partial charge in [0, 0.05) is 12.7 Å². The van der Waals surface area contributed by atoms with Gasteiger partial charge in [-0.1, -0.05) is 24.3 Å². The van der Waals surface area contributed by atoms with Crippen LogP contribution >= 0.6 is 22.6 Å². The average Bonchev–Trinajstić information content (AvgIpc) is 2.80. The molecule has 0 saturated carbocycles. The van der Waals surface area contributed by atoms with Crippen LogP contribution < -0.4 is 4.90 Å². The molecule has 0 fully saturated rings. The third kappa shape index (κ3) is 2.01. The predicted molar refractivity (Wildman–Crippen MR) is 78.3 cm³/mol. The van der Waals surface area contributed by atoms with Crippen LogP contribution in [0.15, 0.2) is 36.5 Å². The van der Waals surface area contributed by atoms with E-state index in [0.717, 1.165) is 17.4 Å². The third-order valence-corrected chi connectivity index (χ3v) is 4.11. The number of carbonyl (C=O) groups excluding carboxylic acids is 1. The maximum atomic E-state index is 14.2. The number of aldehydes is 1. The zero-order valence-electron chi connectivity index (χ0n) is 9.88. The number of rotatable bonds is 2. The van der Waals surface area contributed by atoms with Gasteiger partial charge in [-0.25, -0.2) is 9.37 Å². The van der Waals surface area contributed by atoms with Crippen molar-refractivity contribution in [2.45, 2.75) is 12.6 Å². The molecule has 1 atom stereocenters. The van der Waals surface area contributed by atoms with Crippen LogP contribution in [0.1, 0.15) is 17.2 Å². The Morgan fingerprint density at radius 2 is 2.16 bits per heavy atom. The van der Waals surface area contributed by atoms with Crippen molar-refractivity contribution < 1.29 is 9.18 Å². The molecule has 0 aliphatic carbocycles. The Bertz CT molecular complexity index is 647. The van der Waals surface area contributed by atoms with Crippen molar-refractivity contribution in [3.8, 4) is 0 Å². The number of benzene rings is 1. The molecule has 1 aliphatic rings. The molecule has 3 nitrogen and oxygen atoms in total. The Hall–Kier alpha value is -1.50. The number of nitrogens with zero attached hydrogens (tertiary/aromatic N) is 2. The molecule has 96 valence electrons. The lowest BCUT2D eigenvalue weighted by Crippen LogP contribution is -2.24. The molecule has 5 heteroatoms. The number of carbonyl (C=O) groups is 1. The van der Waals surface area contributed by atoms with E-state index in [-0.39, 0.29) is 11.6 Å². The minimum atomic E-state index is -0.462. The molecule has 1 aliphatic heterocycles. The molecule has 0 N–H and O–H groups in total. The fourth-order valence-electron chi connectivity index (χ4n) is 2.38. The second-order valence-electron chi connectivity index (χ2n) is 4.34. The summed E-state index contributed by atoms with van der Waals surface area (Å²) in [7, 11) is 0. The van der Waals surface area contributed by atoms with E-state index in [1.165, 1.54) is 0 Å². The minimum Gasteiger partial charge on any atom is -0.336 e. The van der Waals surface area contributed by atoms with Gasteiger partial charge in [0.1, 0.15) is 12.3 Å². The number of aromatic nitrogens is 1. The topological polar surface area (TPSA) is 33.2 Å². The van der Waals surface area contributed by atoms with E-state index in [0.29, 0.717) is 10.1 Å². The van der Waals surface area contributed by atoms with E-state index in [4.69, 9.17) is 0 Å². The first-order valence-electron chi connectivity index (χ1n) is 5.82. The predicted octanol–water partition coefficient (Wildman–Crippen LogP) is 3.09. The summed E-state index contributed by atoms with van der Waals surface area (Å²) in [5.41, 5.74) is 1.97. The Labute approximate surface area is 123 Å². The number of fused-ring (bicyclic) bond motifs is 1. The smallest absolute Gasteiger partial charge is 0.178 e. The number of pyridine rings is 1. The van der Waals surface area contributed by atoms with Crippen molar-refractivity contribution in [2.75, 3.05) is 4.90 Å². The third-order valence-electron chi connectivity index (χ3n) is 3.27. The van der Waals surface area contributed by atoms with Crippen molar-refractivity contribution in [1.29, 1.82) is 0 Å². The average molecular weight is 368 g/mol. The van der Waals surface area contributed by atoms with Crippen molar-refractivity contribution in [3.63, 3.8) is 0 Å². The van der Waals surface area contributed by atoms with Gasteiger partial charge in [-0.3, -0.25) is 0 Å². The summed E-state index contributed by atoms with van der Waals surface area (Å²) in [4.78, 5) is 17.1. The van der Waals surface area contributed by atoms with Crippen LogP contribution in [0.2, 0.25) is 0 Å². The van der Waals surface area contributed by atoms with Gasteiger partial charge < -0.3 is 9.69 Å². The van der Waals surface area contributed by atoms with E-state index in [2.05, 4.69) is 4.98 Å². The van der Waals surface area contributed by atoms with Crippen molar-refractivity contribution >= 4 is 34.7 Å². The first kappa shape index (κ1) is 12.5. The van der Waals surface area contributed by atoms with Gasteiger partial charge in [0.15, 0.2) is 11.6 Å². The van der Waals surface area contributed by atoms with Crippen LogP contribution in [-0.2, 0) is 11.3 Å². The molecule has 2 aromatic rings. The highest BCUT2D eigenvalue weighted by Gasteiger charge is 2.32. The molecule has 0 radical (unpaired) electrons. The number of halogens is 2. The second-order valence-corrected chi connectivity index (χ2v) is 5.50. The molecule has 3 rings (SSSR count). The summed E-state index contributed by atoms with van der Waals surface area (Å²) in [6.45, 7) is 0.504. The molecule has 0 saturated heterocycles. The lowest BCUT2D eigenvalue weighted by molar-refractivity contribution is -0.109. The van der Waals surface area contributed by atoms with Gasteiger partial charge >= 0.3 is 0 Å². The van der Waals surface area contributed by atoms with Crippen LogP contribution in [0, 0.1) is 9.39 Å². The molecule has 1 aromatic carbocycles. The number of hydrogen-bond acceptors (Lipinski definition) is 3. The van der Waals surface area contributed by atoms with Crippen LogP contribution in [0.3, 0.4) is 0 Å². The first-order valence-corrected chi connectivity index (χ1v) is 6.90. The summed E-state index contributed by atoms with van der Waals surface area (Å²) in [5.74, 6) is -0.136. The zero-order chi connectivity index (χ0) is 13.4. The van der Waals surface area contributed by atoms with Gasteiger partial charge in [0.2, 0.25) is 0 Å². The first-order chi connectivity index (χ1) is 9.22. The maximum absolute atomic E-state index is 14.2. The summed E-state index contributed by atoms with van der Waals surface area (Å²) in [6.07, 6.45) is 2.40. The Morgan fingerprint density at radius 3 is 2.95 bits per heavy atom. The van der Waals surface area contributed by atoms with Crippen LogP contribution in [0.25, 0.3) is 0 Å². The molecule has 0 spiro atoms. The fraction of sp³-hybridized carbons (Fsp3) is 0.143. The quantitative estimate of drug-likeness (QED) is 0.604. The second kappa shape index (κ2) is 4.88. The largest absolute Gasteiger partial charge is 0.336 e. The Kier molecular flexibility index (Phi) is 3.22. The molecule has 0 bridgehead atoms. The molecule has 1 unspecified atom stereocenters. The Morgan fingerprint density at radius 1 is 1.37 bits per heavy atom. The lowest BCUT2D eigenvalue weighted by atomic mass is 10.1. The standard InChI is InChI=1S/C14H10FIN2O/c15-13-11(16)5-6-17-14(13)18-7-9-3-1-2-4-10(9)12(18)8-19/h1-6,8,12H,7H2. The van der Waals surface area contributed by atoms with E-state index in [1.807, 2.05) is 46.9 Å². The van der Waals surface area contributed by atoms with Crippen LogP contribution in [0.4, 0.5) is 10.2 Å². The van der Waals surface area contributed by atoms with E-state index in [1.54, 1.807) is 17.2 Å². The highest BCUT2D eigenvalue weighted by molar-refractivity contribution is 14.1. The molecular weight excluding hydrogens is 358 g/mol. The molecule has 0 amide bonds. The van der Waals surface area contributed by atoms with Crippen LogP contribution in [0.5, 0.6) is 0 Å². The SMILES string of the molecule is O=CC1c2ccccc2CN1c1nccc(I)c1F. The van der Waals surface area contributed by atoms with E-state index >= 15 is 0 Å². The summed E-state index contributed by atoms with van der Waals surface area (Å²) in [6, 6.07) is 8.81. The highest BCUT2D eigenvalue weighted by atomic mass is 127. The van der Waals surface area contributed by atoms with Crippen molar-refractivity contribution in [2.24, 2.45) is 0 Å². The van der Waals surface area contributed by atoms with Gasteiger partial charge in [0.05, 0.1) is 3.57 Å². The highest BCUT2D eigenvalue weighted by Crippen LogP contribution is 2.36. The van der Waals surface area contributed by atoms with Gasteiger partial charge in [-0.2, -0.15) is 0 Å². The Balaban J connectivity index is 2.08. The molecule has 19 heavy (non-hydrogen) atoms. The summed E-state index contributed by atoms with van der Waals surface area (Å²) >= 11 is 1.93. The van der Waals surface area contributed by atoms with Crippen molar-refractivity contribution in [1.82, 2.24) is 4.98 Å². The van der Waals surface area contributed by atoms with Gasteiger partial charge in [0.25, 0.3) is 0 Å². The van der Waals surface area contributed by atoms with Crippen LogP contribution in [-0.4, -0.2) is 11.3 Å². The van der Waals surface area contributed by atoms with Gasteiger partial charge in [-0.15, -0.1) is 0 Å². The monoisotopic (exact) mass is 368 g/mol. The lowest BCUT2D eigenvalue weighted by Gasteiger charge is -2.22. The number of anilines is 1. The summed E-state index contributed by atoms with van der Waals surface area (Å²) < 4.78 is 14.7. The zero-order valence-corrected chi connectivity index (χ0v) is 12.0. The molecule has 1 aromatic heterocycles. The van der Waals surface area contributed by atoms with E-state index in [9.17, 15) is 9.18 Å². The molecular formula is C14H10FIN2O. The number of hydrogen-bond donors (Lipinski definition) is 0. The van der Waals surface area contributed by atoms with Gasteiger partial charge in [-0.05, 0) is 39.8 Å². The normalized spacial score (nSPS) is 17.4.